The van der Waals surface area contributed by atoms with Gasteiger partial charge in [0.1, 0.15) is 31.0 Å². The third kappa shape index (κ3) is 9.91. The van der Waals surface area contributed by atoms with Crippen LogP contribution in [0.5, 0.6) is 0 Å². The lowest BCUT2D eigenvalue weighted by atomic mass is 10.0. The van der Waals surface area contributed by atoms with Crippen molar-refractivity contribution in [3.63, 3.8) is 0 Å². The topological polar surface area (TPSA) is 428 Å². The number of hydrogen-bond acceptors (Lipinski definition) is 18. The van der Waals surface area contributed by atoms with E-state index >= 15 is 0 Å². The van der Waals surface area contributed by atoms with Crippen LogP contribution in [0, 0.1) is 0 Å². The van der Waals surface area contributed by atoms with Crippen LogP contribution in [0.3, 0.4) is 0 Å². The number of hydrogen-bond donors (Lipinski definition) is 8. The Morgan fingerprint density at radius 1 is 0.375 bits per heavy atom. The molecule has 0 unspecified atom stereocenters. The van der Waals surface area contributed by atoms with E-state index in [0.29, 0.717) is 0 Å². The van der Waals surface area contributed by atoms with Gasteiger partial charge < -0.3 is 11.5 Å². The zero-order valence-electron chi connectivity index (χ0n) is 31.5. The molecule has 10 N–H and O–H groups in total. The minimum Gasteiger partial charge on any atom is -0.396 e. The van der Waals surface area contributed by atoms with Crippen molar-refractivity contribution in [3.8, 4) is 0 Å². The van der Waals surface area contributed by atoms with Crippen molar-refractivity contribution in [2.24, 2.45) is 20.5 Å². The quantitative estimate of drug-likeness (QED) is 0.0416. The van der Waals surface area contributed by atoms with Crippen LogP contribution in [0.25, 0.3) is 21.5 Å². The highest BCUT2D eigenvalue weighted by atomic mass is 32.2. The lowest BCUT2D eigenvalue weighted by Crippen LogP contribution is -2.07. The molecule has 0 saturated carbocycles. The summed E-state index contributed by atoms with van der Waals surface area (Å²) in [5, 5.41) is 13.2. The summed E-state index contributed by atoms with van der Waals surface area (Å²) in [6.45, 7) is 0. The van der Waals surface area contributed by atoms with Crippen molar-refractivity contribution in [2.45, 2.75) is 42.2 Å². The summed E-state index contributed by atoms with van der Waals surface area (Å²) in [6, 6.07) is 13.7. The minimum absolute atomic E-state index is 0.145. The highest BCUT2D eigenvalue weighted by Gasteiger charge is 2.27. The first-order valence-corrected chi connectivity index (χ1v) is 25.7. The number of nitrogens with zero attached hydrogens (tertiary/aromatic N) is 4. The second-order valence-electron chi connectivity index (χ2n) is 13.3. The lowest BCUT2D eigenvalue weighted by molar-refractivity contribution is 0.479. The summed E-state index contributed by atoms with van der Waals surface area (Å²) in [6.07, 6.45) is -0.711. The summed E-state index contributed by atoms with van der Waals surface area (Å²) in [4.78, 5) is -5.02. The number of aryl methyl sites for hydroxylation is 2. The summed E-state index contributed by atoms with van der Waals surface area (Å²) >= 11 is 0. The molecule has 0 atom stereocenters. The molecule has 30 heteroatoms. The van der Waals surface area contributed by atoms with E-state index < -0.39 is 134 Å². The molecule has 6 aromatic rings. The zero-order chi connectivity index (χ0) is 47.5. The van der Waals surface area contributed by atoms with E-state index in [4.69, 9.17) is 11.5 Å². The predicted molar refractivity (Wildman–Crippen MR) is 224 cm³/mol. The van der Waals surface area contributed by atoms with E-state index in [0.717, 1.165) is 84.9 Å². The molecular weight excluding hydrogens is 973 g/mol. The molecule has 0 bridgehead atoms. The molecule has 64 heavy (non-hydrogen) atoms. The smallest absolute Gasteiger partial charge is 0.295 e. The van der Waals surface area contributed by atoms with Gasteiger partial charge in [-0.2, -0.15) is 60.7 Å². The first kappa shape index (κ1) is 47.6. The van der Waals surface area contributed by atoms with Gasteiger partial charge in [-0.15, -0.1) is 10.2 Å². The number of rotatable bonds is 13. The van der Waals surface area contributed by atoms with Gasteiger partial charge >= 0.3 is 0 Å². The maximum Gasteiger partial charge on any atom is 0.295 e. The van der Waals surface area contributed by atoms with Gasteiger partial charge in [0.05, 0.1) is 32.5 Å². The highest BCUT2D eigenvalue weighted by molar-refractivity contribution is 7.87. The van der Waals surface area contributed by atoms with E-state index in [1.54, 1.807) is 0 Å². The molecule has 0 spiro atoms. The zero-order valence-corrected chi connectivity index (χ0v) is 36.4. The molecule has 24 nitrogen and oxygen atoms in total. The van der Waals surface area contributed by atoms with Gasteiger partial charge in [0.15, 0.2) is 0 Å². The van der Waals surface area contributed by atoms with E-state index in [-0.39, 0.29) is 35.3 Å². The number of fused-ring (bicyclic) bond motifs is 2. The number of azo groups is 2. The second kappa shape index (κ2) is 16.6. The number of anilines is 2. The fourth-order valence-corrected chi connectivity index (χ4v) is 10.9. The van der Waals surface area contributed by atoms with Crippen LogP contribution in [-0.2, 0) is 73.6 Å². The Kier molecular flexibility index (Phi) is 12.3. The molecule has 338 valence electrons. The average Bonchev–Trinajstić information content (AvgIpc) is 3.17. The van der Waals surface area contributed by atoms with Gasteiger partial charge in [-0.25, -0.2) is 0 Å². The monoisotopic (exact) mass is 1000 g/mol. The first-order chi connectivity index (χ1) is 29.4. The van der Waals surface area contributed by atoms with Gasteiger partial charge in [0, 0.05) is 21.5 Å². The maximum absolute atomic E-state index is 12.5. The highest BCUT2D eigenvalue weighted by Crippen LogP contribution is 2.42. The molecule has 0 aliphatic carbocycles. The van der Waals surface area contributed by atoms with Crippen molar-refractivity contribution in [3.05, 3.63) is 96.1 Å². The molecule has 0 aromatic heterocycles. The molecule has 6 aromatic carbocycles. The van der Waals surface area contributed by atoms with Crippen molar-refractivity contribution in [1.82, 2.24) is 0 Å². The molecule has 6 rings (SSSR count). The molecule has 0 aliphatic heterocycles. The fraction of sp³-hybridized carbons (Fsp3) is 0.0588. The lowest BCUT2D eigenvalue weighted by Gasteiger charge is -2.13. The summed E-state index contributed by atoms with van der Waals surface area (Å²) in [5.74, 6) is 0. The van der Waals surface area contributed by atoms with E-state index in [1.807, 2.05) is 0 Å². The Balaban J connectivity index is 1.35. The van der Waals surface area contributed by atoms with Crippen LogP contribution >= 0.6 is 0 Å². The van der Waals surface area contributed by atoms with Gasteiger partial charge in [0.2, 0.25) is 0 Å². The summed E-state index contributed by atoms with van der Waals surface area (Å²) in [7, 11) is -30.4. The molecule has 0 heterocycles. The second-order valence-corrected chi connectivity index (χ2v) is 21.6. The minimum atomic E-state index is -5.09. The van der Waals surface area contributed by atoms with E-state index in [9.17, 15) is 77.8 Å². The Bertz CT molecular complexity index is 3500. The van der Waals surface area contributed by atoms with Gasteiger partial charge in [-0.05, 0) is 72.5 Å². The van der Waals surface area contributed by atoms with Crippen molar-refractivity contribution in [2.75, 3.05) is 11.5 Å². The standard InChI is InChI=1S/C34H28N6O18S6/c35-33-23(15-29(63(53,54)55)21-3-1-5-25(31(21)33)59(41,42)43)39-37-19-11-9-17(27(13-19)61(47,48)49)7-8-18-10-12-20(14-28(18)62(50,51)52)38-40-24-16-30(64(56,57)58)22-4-2-6-26(60(44,45)46)32(22)34(24)36/h1-6,9-16H,7-8,35-36H2,(H,41,42,43)(H,44,45,46)(H,47,48,49)(H,50,51,52)(H,53,54,55)(H,56,57,58). The van der Waals surface area contributed by atoms with Crippen molar-refractivity contribution < 1.29 is 77.8 Å². The van der Waals surface area contributed by atoms with Crippen molar-refractivity contribution in [1.29, 1.82) is 0 Å². The third-order valence-corrected chi connectivity index (χ3v) is 14.6. The Hall–Kier alpha value is -5.90. The average molecular weight is 1000 g/mol. The number of nitrogen functional groups attached to an aromatic ring is 2. The van der Waals surface area contributed by atoms with Crippen LogP contribution in [0.1, 0.15) is 11.1 Å². The Labute approximate surface area is 362 Å². The van der Waals surface area contributed by atoms with Crippen LogP contribution in [0.4, 0.5) is 34.1 Å². The van der Waals surface area contributed by atoms with Crippen LogP contribution < -0.4 is 11.5 Å². The van der Waals surface area contributed by atoms with Gasteiger partial charge in [-0.3, -0.25) is 27.3 Å². The van der Waals surface area contributed by atoms with Crippen LogP contribution in [0.2, 0.25) is 0 Å². The maximum atomic E-state index is 12.5. The van der Waals surface area contributed by atoms with E-state index in [1.165, 1.54) is 0 Å². The van der Waals surface area contributed by atoms with Crippen LogP contribution in [0.15, 0.2) is 135 Å². The largest absolute Gasteiger partial charge is 0.396 e. The predicted octanol–water partition coefficient (Wildman–Crippen LogP) is 5.25. The molecular formula is C34H28N6O18S6. The molecule has 0 saturated heterocycles. The Morgan fingerprint density at radius 3 is 0.984 bits per heavy atom. The van der Waals surface area contributed by atoms with Gasteiger partial charge in [0.25, 0.3) is 60.7 Å². The fourth-order valence-electron chi connectivity index (χ4n) is 6.46. The normalized spacial score (nSPS) is 13.4. The molecule has 0 aliphatic rings. The Morgan fingerprint density at radius 2 is 0.688 bits per heavy atom. The molecule has 0 amide bonds. The molecule has 0 radical (unpaired) electrons. The van der Waals surface area contributed by atoms with Crippen LogP contribution in [-0.4, -0.2) is 77.8 Å². The summed E-state index contributed by atoms with van der Waals surface area (Å²) < 4.78 is 207. The third-order valence-electron chi connectivity index (χ3n) is 9.19. The number of nitrogens with two attached hydrogens (primary N) is 2. The summed E-state index contributed by atoms with van der Waals surface area (Å²) in [5.41, 5.74) is 9.04. The molecule has 0 fully saturated rings. The SMILES string of the molecule is Nc1c(N=Nc2ccc(CCc3ccc(N=Nc4cc(S(=O)(=O)O)c5cccc(S(=O)(=O)O)c5c4N)cc3S(=O)(=O)O)c(S(=O)(=O)O)c2)cc(S(=O)(=O)O)c2cccc(S(=O)(=O)O)c12. The first-order valence-electron chi connectivity index (χ1n) is 17.0. The van der Waals surface area contributed by atoms with Crippen molar-refractivity contribution >= 4 is 116 Å². The van der Waals surface area contributed by atoms with Gasteiger partial charge in [-0.1, -0.05) is 36.4 Å². The van der Waals surface area contributed by atoms with E-state index in [2.05, 4.69) is 20.5 Å². The number of benzene rings is 6.